The first-order valence-electron chi connectivity index (χ1n) is 10.7. The first-order chi connectivity index (χ1) is 14.7. The quantitative estimate of drug-likeness (QED) is 0.362. The average molecular weight is 419 g/mol. The van der Waals surface area contributed by atoms with Gasteiger partial charge >= 0.3 is 0 Å². The normalized spacial score (nSPS) is 21.8. The second-order valence-electron chi connectivity index (χ2n) is 7.76. The van der Waals surface area contributed by atoms with Crippen LogP contribution in [-0.4, -0.2) is 76.5 Å². The molecule has 166 valence electrons. The van der Waals surface area contributed by atoms with Gasteiger partial charge in [0.25, 0.3) is 5.91 Å². The molecule has 0 bridgehead atoms. The predicted molar refractivity (Wildman–Crippen MR) is 117 cm³/mol. The highest BCUT2D eigenvalue weighted by molar-refractivity contribution is 5.94. The fourth-order valence-electron chi connectivity index (χ4n) is 3.83. The number of carbonyl (C=O) groups excluding carboxylic acids is 1. The number of anilines is 1. The molecule has 2 aliphatic rings. The first kappa shape index (κ1) is 22.5. The molecule has 2 atom stereocenters. The van der Waals surface area contributed by atoms with Gasteiger partial charge in [0.2, 0.25) is 0 Å². The minimum absolute atomic E-state index is 0.0655. The van der Waals surface area contributed by atoms with Gasteiger partial charge < -0.3 is 29.7 Å². The maximum absolute atomic E-state index is 12.3. The molecule has 1 aromatic carbocycles. The average Bonchev–Trinajstić information content (AvgIpc) is 3.45. The van der Waals surface area contributed by atoms with Crippen LogP contribution in [0.2, 0.25) is 0 Å². The fourth-order valence-corrected chi connectivity index (χ4v) is 3.83. The van der Waals surface area contributed by atoms with Crippen LogP contribution >= 0.6 is 0 Å². The standard InChI is InChI=1S/C22H34N4O4/c1-23-22(26-9-8-18(15-26)16-29-12-11-28-2)24-14-17-5-3-6-19(13-17)25-21(27)20-7-4-10-30-20/h3,5-6,13,18,20H,4,7-12,14-16H2,1-2H3,(H,23,24)(H,25,27). The molecule has 30 heavy (non-hydrogen) atoms. The van der Waals surface area contributed by atoms with Crippen molar-refractivity contribution in [2.24, 2.45) is 10.9 Å². The summed E-state index contributed by atoms with van der Waals surface area (Å²) in [5.74, 6) is 1.34. The van der Waals surface area contributed by atoms with Crippen LogP contribution in [0.15, 0.2) is 29.3 Å². The van der Waals surface area contributed by atoms with Gasteiger partial charge in [-0.3, -0.25) is 9.79 Å². The minimum atomic E-state index is -0.327. The molecule has 0 radical (unpaired) electrons. The van der Waals surface area contributed by atoms with Gasteiger partial charge in [-0.2, -0.15) is 0 Å². The maximum atomic E-state index is 12.3. The Morgan fingerprint density at radius 3 is 3.00 bits per heavy atom. The number of ether oxygens (including phenoxy) is 3. The number of hydrogen-bond donors (Lipinski definition) is 2. The highest BCUT2D eigenvalue weighted by Crippen LogP contribution is 2.18. The molecule has 2 heterocycles. The topological polar surface area (TPSA) is 84.4 Å². The lowest BCUT2D eigenvalue weighted by molar-refractivity contribution is -0.124. The minimum Gasteiger partial charge on any atom is -0.382 e. The van der Waals surface area contributed by atoms with E-state index >= 15 is 0 Å². The maximum Gasteiger partial charge on any atom is 0.253 e. The van der Waals surface area contributed by atoms with E-state index in [1.807, 2.05) is 31.3 Å². The second-order valence-corrected chi connectivity index (χ2v) is 7.76. The smallest absolute Gasteiger partial charge is 0.253 e. The number of nitrogens with one attached hydrogen (secondary N) is 2. The summed E-state index contributed by atoms with van der Waals surface area (Å²) in [4.78, 5) is 19.0. The molecule has 8 heteroatoms. The van der Waals surface area contributed by atoms with Crippen LogP contribution < -0.4 is 10.6 Å². The summed E-state index contributed by atoms with van der Waals surface area (Å²) in [5.41, 5.74) is 1.87. The van der Waals surface area contributed by atoms with Crippen molar-refractivity contribution in [3.8, 4) is 0 Å². The number of benzene rings is 1. The third-order valence-electron chi connectivity index (χ3n) is 5.45. The van der Waals surface area contributed by atoms with Crippen LogP contribution in [0.3, 0.4) is 0 Å². The number of carbonyl (C=O) groups is 1. The second kappa shape index (κ2) is 11.9. The zero-order valence-corrected chi connectivity index (χ0v) is 18.1. The summed E-state index contributed by atoms with van der Waals surface area (Å²) in [6.45, 7) is 5.23. The van der Waals surface area contributed by atoms with Gasteiger partial charge in [-0.25, -0.2) is 0 Å². The zero-order valence-electron chi connectivity index (χ0n) is 18.1. The molecule has 2 N–H and O–H groups in total. The van der Waals surface area contributed by atoms with Crippen molar-refractivity contribution in [2.75, 3.05) is 59.0 Å². The number of aliphatic imine (C=N–C) groups is 1. The van der Waals surface area contributed by atoms with Crippen LogP contribution in [0, 0.1) is 5.92 Å². The van der Waals surface area contributed by atoms with Gasteiger partial charge in [0.15, 0.2) is 5.96 Å². The zero-order chi connectivity index (χ0) is 21.2. The van der Waals surface area contributed by atoms with Crippen molar-refractivity contribution < 1.29 is 19.0 Å². The van der Waals surface area contributed by atoms with Crippen molar-refractivity contribution >= 4 is 17.6 Å². The summed E-state index contributed by atoms with van der Waals surface area (Å²) >= 11 is 0. The molecule has 0 aliphatic carbocycles. The van der Waals surface area contributed by atoms with E-state index in [9.17, 15) is 4.79 Å². The molecule has 0 saturated carbocycles. The van der Waals surface area contributed by atoms with Gasteiger partial charge in [0.1, 0.15) is 6.10 Å². The Bertz CT molecular complexity index is 706. The van der Waals surface area contributed by atoms with E-state index in [2.05, 4.69) is 20.5 Å². The molecular formula is C22H34N4O4. The van der Waals surface area contributed by atoms with Crippen molar-refractivity contribution in [2.45, 2.75) is 31.9 Å². The van der Waals surface area contributed by atoms with E-state index in [-0.39, 0.29) is 12.0 Å². The van der Waals surface area contributed by atoms with Crippen molar-refractivity contribution in [1.82, 2.24) is 10.2 Å². The van der Waals surface area contributed by atoms with Crippen molar-refractivity contribution in [3.05, 3.63) is 29.8 Å². The molecule has 0 aromatic heterocycles. The summed E-state index contributed by atoms with van der Waals surface area (Å²) in [6, 6.07) is 7.88. The Balaban J connectivity index is 1.45. The molecule has 1 aromatic rings. The van der Waals surface area contributed by atoms with Crippen molar-refractivity contribution in [1.29, 1.82) is 0 Å². The molecule has 1 amide bonds. The SMILES string of the molecule is CN=C(NCc1cccc(NC(=O)C2CCCO2)c1)N1CCC(COCCOC)C1. The molecule has 2 fully saturated rings. The fraction of sp³-hybridized carbons (Fsp3) is 0.636. The van der Waals surface area contributed by atoms with Crippen LogP contribution in [0.25, 0.3) is 0 Å². The number of likely N-dealkylation sites (tertiary alicyclic amines) is 1. The number of nitrogens with zero attached hydrogens (tertiary/aromatic N) is 2. The predicted octanol–water partition coefficient (Wildman–Crippen LogP) is 1.86. The van der Waals surface area contributed by atoms with E-state index in [1.165, 1.54) is 0 Å². The Labute approximate surface area is 179 Å². The monoisotopic (exact) mass is 418 g/mol. The molecule has 8 nitrogen and oxygen atoms in total. The van der Waals surface area contributed by atoms with E-state index in [0.29, 0.717) is 32.3 Å². The summed E-state index contributed by atoms with van der Waals surface area (Å²) in [7, 11) is 3.49. The van der Waals surface area contributed by atoms with Crippen LogP contribution in [0.1, 0.15) is 24.8 Å². The molecule has 3 rings (SSSR count). The molecule has 2 aliphatic heterocycles. The van der Waals surface area contributed by atoms with Gasteiger partial charge in [-0.15, -0.1) is 0 Å². The lowest BCUT2D eigenvalue weighted by atomic mass is 10.1. The van der Waals surface area contributed by atoms with Crippen molar-refractivity contribution in [3.63, 3.8) is 0 Å². The third-order valence-corrected chi connectivity index (χ3v) is 5.45. The molecule has 2 saturated heterocycles. The van der Waals surface area contributed by atoms with E-state index in [0.717, 1.165) is 56.2 Å². The van der Waals surface area contributed by atoms with Crippen LogP contribution in [-0.2, 0) is 25.5 Å². The first-order valence-corrected chi connectivity index (χ1v) is 10.7. The summed E-state index contributed by atoms with van der Waals surface area (Å²) in [6.07, 6.45) is 2.50. The number of amides is 1. The molecular weight excluding hydrogens is 384 g/mol. The number of guanidine groups is 1. The third kappa shape index (κ3) is 6.68. The number of methoxy groups -OCH3 is 1. The van der Waals surface area contributed by atoms with Gasteiger partial charge in [-0.1, -0.05) is 12.1 Å². The van der Waals surface area contributed by atoms with Crippen LogP contribution in [0.4, 0.5) is 5.69 Å². The number of hydrogen-bond acceptors (Lipinski definition) is 5. The Kier molecular flexibility index (Phi) is 8.92. The molecule has 2 unspecified atom stereocenters. The lowest BCUT2D eigenvalue weighted by Gasteiger charge is -2.22. The lowest BCUT2D eigenvalue weighted by Crippen LogP contribution is -2.39. The van der Waals surface area contributed by atoms with Gasteiger partial charge in [0.05, 0.1) is 19.8 Å². The molecule has 0 spiro atoms. The highest BCUT2D eigenvalue weighted by atomic mass is 16.5. The van der Waals surface area contributed by atoms with E-state index < -0.39 is 0 Å². The van der Waals surface area contributed by atoms with E-state index in [4.69, 9.17) is 14.2 Å². The van der Waals surface area contributed by atoms with Gasteiger partial charge in [-0.05, 0) is 37.0 Å². The number of rotatable bonds is 9. The Morgan fingerprint density at radius 2 is 2.23 bits per heavy atom. The Morgan fingerprint density at radius 1 is 1.33 bits per heavy atom. The summed E-state index contributed by atoms with van der Waals surface area (Å²) < 4.78 is 16.1. The van der Waals surface area contributed by atoms with Crippen LogP contribution in [0.5, 0.6) is 0 Å². The Hall–Kier alpha value is -2.16. The van der Waals surface area contributed by atoms with Gasteiger partial charge in [0, 0.05) is 52.0 Å². The summed E-state index contributed by atoms with van der Waals surface area (Å²) in [5, 5.41) is 6.40. The highest BCUT2D eigenvalue weighted by Gasteiger charge is 2.25. The van der Waals surface area contributed by atoms with E-state index in [1.54, 1.807) is 7.11 Å². The largest absolute Gasteiger partial charge is 0.382 e.